The summed E-state index contributed by atoms with van der Waals surface area (Å²) in [6, 6.07) is 9.45. The van der Waals surface area contributed by atoms with Crippen LogP contribution in [-0.4, -0.2) is 45.0 Å². The number of nitrogen functional groups attached to an aromatic ring is 1. The van der Waals surface area contributed by atoms with Gasteiger partial charge < -0.3 is 10.6 Å². The Morgan fingerprint density at radius 2 is 2.11 bits per heavy atom. The van der Waals surface area contributed by atoms with Gasteiger partial charge in [0.2, 0.25) is 5.91 Å². The Hall–Kier alpha value is -3.81. The molecule has 0 spiro atoms. The van der Waals surface area contributed by atoms with Crippen LogP contribution in [0.2, 0.25) is 0 Å². The fourth-order valence-corrected chi connectivity index (χ4v) is 3.18. The average Bonchev–Trinajstić information content (AvgIpc) is 3.37. The highest BCUT2D eigenvalue weighted by atomic mass is 16.2. The predicted molar refractivity (Wildman–Crippen MR) is 110 cm³/mol. The molecule has 1 aromatic carbocycles. The molecule has 0 radical (unpaired) electrons. The van der Waals surface area contributed by atoms with E-state index in [1.165, 1.54) is 12.4 Å². The highest BCUT2D eigenvalue weighted by Crippen LogP contribution is 2.27. The number of hydrogen-bond acceptors (Lipinski definition) is 6. The molecule has 0 unspecified atom stereocenters. The quantitative estimate of drug-likeness (QED) is 0.667. The summed E-state index contributed by atoms with van der Waals surface area (Å²) in [6.07, 6.45) is 6.48. The maximum Gasteiger partial charge on any atom is 0.250 e. The Morgan fingerprint density at radius 1 is 1.29 bits per heavy atom. The summed E-state index contributed by atoms with van der Waals surface area (Å²) in [6.45, 7) is 5.07. The molecule has 3 heterocycles. The van der Waals surface area contributed by atoms with Gasteiger partial charge in [-0.05, 0) is 18.2 Å². The molecular weight excluding hydrogens is 354 g/mol. The number of hydrogen-bond donors (Lipinski definition) is 1. The molecule has 0 saturated carbocycles. The van der Waals surface area contributed by atoms with Crippen LogP contribution in [0.25, 0.3) is 16.6 Å². The van der Waals surface area contributed by atoms with Gasteiger partial charge in [0.1, 0.15) is 17.8 Å². The van der Waals surface area contributed by atoms with Gasteiger partial charge in [0.15, 0.2) is 5.65 Å². The van der Waals surface area contributed by atoms with Gasteiger partial charge in [-0.25, -0.2) is 14.6 Å². The van der Waals surface area contributed by atoms with E-state index in [1.807, 2.05) is 36.4 Å². The van der Waals surface area contributed by atoms with Crippen molar-refractivity contribution in [2.24, 2.45) is 4.99 Å². The second-order valence-corrected chi connectivity index (χ2v) is 6.21. The van der Waals surface area contributed by atoms with Crippen molar-refractivity contribution in [2.45, 2.75) is 6.54 Å². The number of nitrogens with zero attached hydrogens (tertiary/aromatic N) is 6. The van der Waals surface area contributed by atoms with Crippen LogP contribution in [-0.2, 0) is 11.3 Å². The third-order valence-corrected chi connectivity index (χ3v) is 4.52. The minimum atomic E-state index is -0.178. The Morgan fingerprint density at radius 3 is 2.82 bits per heavy atom. The first-order valence-corrected chi connectivity index (χ1v) is 8.85. The molecule has 28 heavy (non-hydrogen) atoms. The van der Waals surface area contributed by atoms with E-state index in [-0.39, 0.29) is 5.91 Å². The number of anilines is 2. The third-order valence-electron chi connectivity index (χ3n) is 4.52. The molecule has 8 nitrogen and oxygen atoms in total. The van der Waals surface area contributed by atoms with Crippen molar-refractivity contribution in [3.05, 3.63) is 61.1 Å². The molecule has 2 N–H and O–H groups in total. The lowest BCUT2D eigenvalue weighted by Gasteiger charge is -2.21. The van der Waals surface area contributed by atoms with Crippen LogP contribution >= 0.6 is 0 Å². The van der Waals surface area contributed by atoms with Gasteiger partial charge in [-0.15, -0.1) is 0 Å². The standard InChI is InChI=1S/C20H19N7O/c1-2-16(28)26(15-6-4-3-5-7-15)10-11-27-20-17(19(21)23-13-24-20)18(25-27)14-8-9-22-12-14/h2-8,12-13H,1,9-11H2,(H2,21,23,24). The lowest BCUT2D eigenvalue weighted by Crippen LogP contribution is -2.32. The molecular formula is C20H19N7O. The van der Waals surface area contributed by atoms with Crippen molar-refractivity contribution in [3.63, 3.8) is 0 Å². The number of carbonyl (C=O) groups excluding carboxylic acids is 1. The van der Waals surface area contributed by atoms with Crippen molar-refractivity contribution in [1.29, 1.82) is 0 Å². The minimum Gasteiger partial charge on any atom is -0.383 e. The number of benzene rings is 1. The number of para-hydroxylation sites is 1. The van der Waals surface area contributed by atoms with Crippen LogP contribution in [0.1, 0.15) is 5.69 Å². The van der Waals surface area contributed by atoms with E-state index >= 15 is 0 Å². The van der Waals surface area contributed by atoms with E-state index < -0.39 is 0 Å². The molecule has 0 aliphatic carbocycles. The zero-order valence-electron chi connectivity index (χ0n) is 15.2. The fraction of sp³-hybridized carbons (Fsp3) is 0.150. The molecule has 3 aromatic rings. The number of amides is 1. The Kier molecular flexibility index (Phi) is 4.67. The molecule has 140 valence electrons. The molecule has 2 aromatic heterocycles. The highest BCUT2D eigenvalue weighted by Gasteiger charge is 2.20. The summed E-state index contributed by atoms with van der Waals surface area (Å²) in [4.78, 5) is 26.7. The van der Waals surface area contributed by atoms with Crippen LogP contribution in [0.4, 0.5) is 11.5 Å². The van der Waals surface area contributed by atoms with Gasteiger partial charge in [0.25, 0.3) is 0 Å². The number of aromatic nitrogens is 4. The molecule has 1 aliphatic heterocycles. The normalized spacial score (nSPS) is 12.9. The Balaban J connectivity index is 1.70. The van der Waals surface area contributed by atoms with E-state index in [9.17, 15) is 4.79 Å². The third kappa shape index (κ3) is 3.16. The van der Waals surface area contributed by atoms with E-state index in [4.69, 9.17) is 10.8 Å². The first-order chi connectivity index (χ1) is 13.7. The fourth-order valence-electron chi connectivity index (χ4n) is 3.18. The smallest absolute Gasteiger partial charge is 0.250 e. The SMILES string of the molecule is C=CC(=O)N(CCn1nc(C2=CCN=C2)c2c(N)ncnc21)c1ccccc1. The number of nitrogens with two attached hydrogens (primary N) is 1. The summed E-state index contributed by atoms with van der Waals surface area (Å²) >= 11 is 0. The van der Waals surface area contributed by atoms with Crippen LogP contribution in [0.3, 0.4) is 0 Å². The summed E-state index contributed by atoms with van der Waals surface area (Å²) < 4.78 is 1.75. The summed E-state index contributed by atoms with van der Waals surface area (Å²) in [7, 11) is 0. The Bertz CT molecular complexity index is 1100. The van der Waals surface area contributed by atoms with E-state index in [0.29, 0.717) is 42.2 Å². The maximum absolute atomic E-state index is 12.4. The lowest BCUT2D eigenvalue weighted by atomic mass is 10.1. The molecule has 0 saturated heterocycles. The zero-order chi connectivity index (χ0) is 19.5. The summed E-state index contributed by atoms with van der Waals surface area (Å²) in [5, 5.41) is 5.39. The molecule has 0 bridgehead atoms. The van der Waals surface area contributed by atoms with Gasteiger partial charge in [0.05, 0.1) is 18.5 Å². The Labute approximate surface area is 161 Å². The number of fused-ring (bicyclic) bond motifs is 1. The molecule has 8 heteroatoms. The number of rotatable bonds is 6. The first-order valence-electron chi connectivity index (χ1n) is 8.85. The van der Waals surface area contributed by atoms with Gasteiger partial charge >= 0.3 is 0 Å². The van der Waals surface area contributed by atoms with Crippen molar-refractivity contribution < 1.29 is 4.79 Å². The number of allylic oxidation sites excluding steroid dienone is 1. The molecule has 1 amide bonds. The molecule has 4 rings (SSSR count). The van der Waals surface area contributed by atoms with Crippen molar-refractivity contribution in [2.75, 3.05) is 23.7 Å². The van der Waals surface area contributed by atoms with Crippen LogP contribution in [0.15, 0.2) is 60.4 Å². The van der Waals surface area contributed by atoms with Crippen molar-refractivity contribution in [3.8, 4) is 0 Å². The van der Waals surface area contributed by atoms with Crippen molar-refractivity contribution >= 4 is 40.2 Å². The molecule has 0 atom stereocenters. The van der Waals surface area contributed by atoms with Crippen LogP contribution in [0, 0.1) is 0 Å². The van der Waals surface area contributed by atoms with E-state index in [1.54, 1.807) is 15.8 Å². The maximum atomic E-state index is 12.4. The zero-order valence-corrected chi connectivity index (χ0v) is 15.2. The first kappa shape index (κ1) is 17.6. The molecule has 0 fully saturated rings. The second kappa shape index (κ2) is 7.43. The lowest BCUT2D eigenvalue weighted by molar-refractivity contribution is -0.114. The van der Waals surface area contributed by atoms with Crippen LogP contribution < -0.4 is 10.6 Å². The monoisotopic (exact) mass is 373 g/mol. The second-order valence-electron chi connectivity index (χ2n) is 6.21. The van der Waals surface area contributed by atoms with Gasteiger partial charge in [-0.3, -0.25) is 9.79 Å². The largest absolute Gasteiger partial charge is 0.383 e. The minimum absolute atomic E-state index is 0.178. The van der Waals surface area contributed by atoms with Crippen LogP contribution in [0.5, 0.6) is 0 Å². The number of carbonyl (C=O) groups is 1. The van der Waals surface area contributed by atoms with Crippen molar-refractivity contribution in [1.82, 2.24) is 19.7 Å². The van der Waals surface area contributed by atoms with Gasteiger partial charge in [-0.2, -0.15) is 5.10 Å². The average molecular weight is 373 g/mol. The predicted octanol–water partition coefficient (Wildman–Crippen LogP) is 2.10. The highest BCUT2D eigenvalue weighted by molar-refractivity contribution is 6.16. The topological polar surface area (TPSA) is 102 Å². The van der Waals surface area contributed by atoms with E-state index in [2.05, 4.69) is 21.5 Å². The van der Waals surface area contributed by atoms with E-state index in [0.717, 1.165) is 11.3 Å². The van der Waals surface area contributed by atoms with Gasteiger partial charge in [0, 0.05) is 24.0 Å². The van der Waals surface area contributed by atoms with Gasteiger partial charge in [-0.1, -0.05) is 30.9 Å². The summed E-state index contributed by atoms with van der Waals surface area (Å²) in [5.74, 6) is 0.192. The summed E-state index contributed by atoms with van der Waals surface area (Å²) in [5.41, 5.74) is 9.12. The molecule has 1 aliphatic rings. The number of aliphatic imine (C=N–C) groups is 1.